The molecule has 0 unspecified atom stereocenters. The maximum Gasteiger partial charge on any atom is 0.407 e. The van der Waals surface area contributed by atoms with Crippen molar-refractivity contribution in [1.29, 1.82) is 0 Å². The second kappa shape index (κ2) is 17.1. The van der Waals surface area contributed by atoms with Gasteiger partial charge in [-0.05, 0) is 96.0 Å². The van der Waals surface area contributed by atoms with Gasteiger partial charge < -0.3 is 19.7 Å². The molecule has 1 aromatic heterocycles. The first-order valence-corrected chi connectivity index (χ1v) is 17.1. The van der Waals surface area contributed by atoms with Crippen LogP contribution in [-0.2, 0) is 11.2 Å². The molecule has 0 spiro atoms. The van der Waals surface area contributed by atoms with Crippen molar-refractivity contribution in [3.63, 3.8) is 0 Å². The van der Waals surface area contributed by atoms with Gasteiger partial charge in [-0.3, -0.25) is 14.8 Å². The molecular formula is C32H44Cl2IN5O3. The van der Waals surface area contributed by atoms with Crippen LogP contribution in [0.1, 0.15) is 49.8 Å². The van der Waals surface area contributed by atoms with Gasteiger partial charge in [0.25, 0.3) is 0 Å². The SMILES string of the molecule is C/C=C(\[C@@H](Cc1ccc(Cl)cc1Cl)NC(=O)OCCN1CCCC1)N1CCC(c2ncccc2OC[C@@H](I)N(C)C)CC1. The molecule has 0 saturated carbocycles. The van der Waals surface area contributed by atoms with E-state index in [0.717, 1.165) is 68.3 Å². The third-order valence-corrected chi connectivity index (χ3v) is 10.3. The van der Waals surface area contributed by atoms with Gasteiger partial charge in [-0.2, -0.15) is 0 Å². The molecule has 0 aliphatic carbocycles. The van der Waals surface area contributed by atoms with Gasteiger partial charge in [0.15, 0.2) is 0 Å². The number of hydrogen-bond donors (Lipinski definition) is 1. The molecule has 2 aromatic rings. The summed E-state index contributed by atoms with van der Waals surface area (Å²) in [6.07, 6.45) is 8.34. The number of ether oxygens (including phenoxy) is 2. The van der Waals surface area contributed by atoms with Crippen LogP contribution in [0, 0.1) is 0 Å². The number of nitrogens with zero attached hydrogens (tertiary/aromatic N) is 4. The van der Waals surface area contributed by atoms with Crippen LogP contribution in [0.25, 0.3) is 0 Å². The lowest BCUT2D eigenvalue weighted by Gasteiger charge is -2.38. The van der Waals surface area contributed by atoms with Gasteiger partial charge in [0, 0.05) is 47.5 Å². The maximum absolute atomic E-state index is 13.0. The van der Waals surface area contributed by atoms with E-state index in [1.165, 1.54) is 12.8 Å². The zero-order valence-corrected chi connectivity index (χ0v) is 29.1. The fourth-order valence-corrected chi connectivity index (χ4v) is 6.41. The number of carbonyl (C=O) groups is 1. The van der Waals surface area contributed by atoms with Gasteiger partial charge in [0.2, 0.25) is 0 Å². The molecule has 0 bridgehead atoms. The summed E-state index contributed by atoms with van der Waals surface area (Å²) in [6.45, 7) is 7.57. The molecule has 2 atom stereocenters. The quantitative estimate of drug-likeness (QED) is 0.141. The largest absolute Gasteiger partial charge is 0.489 e. The first kappa shape index (κ1) is 34.1. The van der Waals surface area contributed by atoms with Crippen LogP contribution in [0.3, 0.4) is 0 Å². The molecule has 2 aliphatic heterocycles. The summed E-state index contributed by atoms with van der Waals surface area (Å²) < 4.78 is 12.1. The molecule has 236 valence electrons. The average molecular weight is 745 g/mol. The predicted octanol–water partition coefficient (Wildman–Crippen LogP) is 6.61. The number of allylic oxidation sites excluding steroid dienone is 1. The van der Waals surface area contributed by atoms with Crippen LogP contribution in [0.15, 0.2) is 48.3 Å². The van der Waals surface area contributed by atoms with Crippen LogP contribution in [-0.4, -0.2) is 95.9 Å². The van der Waals surface area contributed by atoms with Crippen LogP contribution in [0.2, 0.25) is 10.0 Å². The normalized spacial score (nSPS) is 18.1. The summed E-state index contributed by atoms with van der Waals surface area (Å²) in [7, 11) is 4.10. The minimum absolute atomic E-state index is 0.273. The maximum atomic E-state index is 13.0. The molecule has 8 nitrogen and oxygen atoms in total. The average Bonchev–Trinajstić information content (AvgIpc) is 3.51. The van der Waals surface area contributed by atoms with E-state index in [9.17, 15) is 4.79 Å². The lowest BCUT2D eigenvalue weighted by molar-refractivity contribution is 0.128. The lowest BCUT2D eigenvalue weighted by Crippen LogP contribution is -2.46. The molecule has 11 heteroatoms. The summed E-state index contributed by atoms with van der Waals surface area (Å²) in [6, 6.07) is 9.16. The number of amides is 1. The molecule has 2 saturated heterocycles. The van der Waals surface area contributed by atoms with Gasteiger partial charge in [-0.15, -0.1) is 0 Å². The molecular weight excluding hydrogens is 700 g/mol. The Kier molecular flexibility index (Phi) is 13.5. The van der Waals surface area contributed by atoms with Crippen molar-refractivity contribution in [3.05, 3.63) is 69.6 Å². The number of pyridine rings is 1. The molecule has 3 heterocycles. The molecule has 1 N–H and O–H groups in total. The van der Waals surface area contributed by atoms with E-state index in [0.29, 0.717) is 35.6 Å². The summed E-state index contributed by atoms with van der Waals surface area (Å²) in [5.41, 5.74) is 3.00. The van der Waals surface area contributed by atoms with E-state index in [-0.39, 0.29) is 10.1 Å². The Morgan fingerprint density at radius 3 is 2.60 bits per heavy atom. The van der Waals surface area contributed by atoms with Gasteiger partial charge in [0.1, 0.15) is 19.0 Å². The second-order valence-corrected chi connectivity index (χ2v) is 13.7. The summed E-state index contributed by atoms with van der Waals surface area (Å²) >= 11 is 15.1. The Labute approximate surface area is 280 Å². The number of alkyl halides is 1. The first-order chi connectivity index (χ1) is 20.7. The number of halogens is 3. The summed E-state index contributed by atoms with van der Waals surface area (Å²) in [5, 5.41) is 4.32. The number of nitrogens with one attached hydrogen (secondary N) is 1. The third kappa shape index (κ3) is 10.1. The second-order valence-electron chi connectivity index (χ2n) is 11.4. The molecule has 1 aromatic carbocycles. The Bertz CT molecular complexity index is 1220. The standard InChI is InChI=1S/C32H44Cl2IN5O3/c1-4-28(40-16-11-23(12-17-40)31-29(8-7-13-36-31)43-22-30(35)38(2)3)27(20-24-9-10-25(33)21-26(24)34)37-32(41)42-19-18-39-14-5-6-15-39/h4,7-10,13,21,23,27,30H,5-6,11-12,14-20,22H2,1-3H3,(H,37,41)/b28-4+/t27-,30+/m1/s1. The van der Waals surface area contributed by atoms with Crippen LogP contribution < -0.4 is 10.1 Å². The number of alkyl carbamates (subject to hydrolysis) is 1. The van der Waals surface area contributed by atoms with Crippen LogP contribution in [0.4, 0.5) is 4.79 Å². The van der Waals surface area contributed by atoms with Crippen molar-refractivity contribution in [2.45, 2.75) is 55.0 Å². The highest BCUT2D eigenvalue weighted by atomic mass is 127. The Morgan fingerprint density at radius 2 is 1.93 bits per heavy atom. The third-order valence-electron chi connectivity index (χ3n) is 8.21. The van der Waals surface area contributed by atoms with E-state index < -0.39 is 6.09 Å². The molecule has 4 rings (SSSR count). The fraction of sp³-hybridized carbons (Fsp3) is 0.562. The van der Waals surface area contributed by atoms with Gasteiger partial charge >= 0.3 is 6.09 Å². The van der Waals surface area contributed by atoms with Crippen molar-refractivity contribution in [2.75, 3.05) is 60.0 Å². The van der Waals surface area contributed by atoms with Crippen molar-refractivity contribution in [3.8, 4) is 5.75 Å². The Balaban J connectivity index is 1.42. The lowest BCUT2D eigenvalue weighted by atomic mass is 9.91. The highest BCUT2D eigenvalue weighted by molar-refractivity contribution is 14.1. The van der Waals surface area contributed by atoms with Crippen molar-refractivity contribution < 1.29 is 14.3 Å². The van der Waals surface area contributed by atoms with Crippen LogP contribution in [0.5, 0.6) is 5.75 Å². The van der Waals surface area contributed by atoms with Crippen molar-refractivity contribution in [2.24, 2.45) is 0 Å². The Hall–Kier alpha value is -1.79. The predicted molar refractivity (Wildman–Crippen MR) is 183 cm³/mol. The van der Waals surface area contributed by atoms with E-state index >= 15 is 0 Å². The number of hydrogen-bond acceptors (Lipinski definition) is 7. The molecule has 2 aliphatic rings. The van der Waals surface area contributed by atoms with Crippen LogP contribution >= 0.6 is 45.8 Å². The number of piperidine rings is 1. The van der Waals surface area contributed by atoms with E-state index in [1.54, 1.807) is 6.07 Å². The fourth-order valence-electron chi connectivity index (χ4n) is 5.75. The number of benzene rings is 1. The minimum Gasteiger partial charge on any atom is -0.489 e. The van der Waals surface area contributed by atoms with E-state index in [4.69, 9.17) is 37.7 Å². The molecule has 43 heavy (non-hydrogen) atoms. The van der Waals surface area contributed by atoms with Gasteiger partial charge in [-0.1, -0.05) is 57.9 Å². The number of likely N-dealkylation sites (N-methyl/N-ethyl adjacent to an activating group) is 1. The van der Waals surface area contributed by atoms with Gasteiger partial charge in [-0.25, -0.2) is 4.79 Å². The van der Waals surface area contributed by atoms with Gasteiger partial charge in [0.05, 0.1) is 15.8 Å². The van der Waals surface area contributed by atoms with E-state index in [2.05, 4.69) is 62.8 Å². The minimum atomic E-state index is -0.412. The van der Waals surface area contributed by atoms with E-state index in [1.807, 2.05) is 37.4 Å². The zero-order chi connectivity index (χ0) is 30.8. The first-order valence-electron chi connectivity index (χ1n) is 15.1. The van der Waals surface area contributed by atoms with Crippen molar-refractivity contribution in [1.82, 2.24) is 25.0 Å². The highest BCUT2D eigenvalue weighted by Crippen LogP contribution is 2.35. The smallest absolute Gasteiger partial charge is 0.407 e. The summed E-state index contributed by atoms with van der Waals surface area (Å²) in [5.74, 6) is 1.16. The number of rotatable bonds is 13. The zero-order valence-electron chi connectivity index (χ0n) is 25.4. The molecule has 2 fully saturated rings. The Morgan fingerprint density at radius 1 is 1.19 bits per heavy atom. The molecule has 0 radical (unpaired) electrons. The van der Waals surface area contributed by atoms with Crippen molar-refractivity contribution >= 4 is 51.9 Å². The topological polar surface area (TPSA) is 70.2 Å². The summed E-state index contributed by atoms with van der Waals surface area (Å²) in [4.78, 5) is 24.6. The number of aromatic nitrogens is 1. The highest BCUT2D eigenvalue weighted by Gasteiger charge is 2.29. The monoisotopic (exact) mass is 743 g/mol. The number of carbonyl (C=O) groups excluding carboxylic acids is 1. The number of likely N-dealkylation sites (tertiary alicyclic amines) is 2. The molecule has 1 amide bonds.